The van der Waals surface area contributed by atoms with Gasteiger partial charge in [-0.05, 0) is 13.8 Å². The predicted molar refractivity (Wildman–Crippen MR) is 76.8 cm³/mol. The number of halogens is 2. The van der Waals surface area contributed by atoms with E-state index in [1.165, 1.54) is 0 Å². The third-order valence-electron chi connectivity index (χ3n) is 2.55. The van der Waals surface area contributed by atoms with Crippen LogP contribution < -0.4 is 0 Å². The molecule has 0 aromatic heterocycles. The first kappa shape index (κ1) is 12.2. The van der Waals surface area contributed by atoms with Crippen molar-refractivity contribution in [2.75, 3.05) is 8.86 Å². The fourth-order valence-corrected chi connectivity index (χ4v) is 5.59. The van der Waals surface area contributed by atoms with Gasteiger partial charge in [0.1, 0.15) is 12.2 Å². The van der Waals surface area contributed by atoms with E-state index in [0.717, 1.165) is 8.86 Å². The van der Waals surface area contributed by atoms with Crippen LogP contribution in [0.25, 0.3) is 0 Å². The monoisotopic (exact) mass is 440 g/mol. The molecule has 2 fully saturated rings. The van der Waals surface area contributed by atoms with Crippen molar-refractivity contribution in [2.24, 2.45) is 0 Å². The van der Waals surface area contributed by atoms with Crippen LogP contribution in [0.2, 0.25) is 0 Å². The Balaban J connectivity index is 2.12. The Morgan fingerprint density at radius 1 is 1.07 bits per heavy atom. The average molecular weight is 440 g/mol. The molecule has 2 saturated heterocycles. The largest absolute Gasteiger partial charge is 0.343 e. The van der Waals surface area contributed by atoms with Gasteiger partial charge in [0.05, 0.1) is 0 Å². The highest BCUT2D eigenvalue weighted by molar-refractivity contribution is 14.1. The van der Waals surface area contributed by atoms with Crippen LogP contribution in [0.4, 0.5) is 0 Å². The van der Waals surface area contributed by atoms with Crippen LogP contribution in [0.5, 0.6) is 0 Å². The molecule has 0 saturated carbocycles. The molecule has 2 aliphatic rings. The molecule has 5 heteroatoms. The zero-order valence-electron chi connectivity index (χ0n) is 8.20. The first-order valence-corrected chi connectivity index (χ1v) is 8.70. The van der Waals surface area contributed by atoms with Crippen molar-refractivity contribution >= 4 is 56.9 Å². The summed E-state index contributed by atoms with van der Waals surface area (Å²) in [6.45, 7) is 4.04. The molecule has 0 bridgehead atoms. The van der Waals surface area contributed by atoms with Gasteiger partial charge in [-0.25, -0.2) is 0 Å². The molecule has 0 aliphatic carbocycles. The molecule has 0 unspecified atom stereocenters. The quantitative estimate of drug-likeness (QED) is 0.487. The molecular formula is C9H14I2O2S. The summed E-state index contributed by atoms with van der Waals surface area (Å²) in [7, 11) is 0. The second kappa shape index (κ2) is 4.54. The fraction of sp³-hybridized carbons (Fsp3) is 1.00. The first-order valence-electron chi connectivity index (χ1n) is 4.70. The second-order valence-electron chi connectivity index (χ2n) is 4.09. The maximum absolute atomic E-state index is 5.96. The second-order valence-corrected chi connectivity index (χ2v) is 7.33. The van der Waals surface area contributed by atoms with Crippen LogP contribution in [0.15, 0.2) is 0 Å². The van der Waals surface area contributed by atoms with E-state index in [9.17, 15) is 0 Å². The molecule has 0 aromatic rings. The van der Waals surface area contributed by atoms with E-state index < -0.39 is 0 Å². The van der Waals surface area contributed by atoms with Crippen molar-refractivity contribution in [3.8, 4) is 0 Å². The molecule has 2 rings (SSSR count). The van der Waals surface area contributed by atoms with Crippen molar-refractivity contribution in [3.05, 3.63) is 0 Å². The standard InChI is InChI=1S/C9H14I2O2S/c1-9(2)12-7-5(3-10)14-6(4-11)8(7)13-9/h5-8H,3-4H2,1-2H3/t5-,6+,7-,8+. The minimum atomic E-state index is -0.371. The molecule has 0 N–H and O–H groups in total. The third-order valence-corrected chi connectivity index (χ3v) is 7.21. The Morgan fingerprint density at radius 2 is 1.50 bits per heavy atom. The Bertz CT molecular complexity index is 205. The smallest absolute Gasteiger partial charge is 0.163 e. The van der Waals surface area contributed by atoms with Crippen LogP contribution in [0, 0.1) is 0 Å². The van der Waals surface area contributed by atoms with Gasteiger partial charge in [0.15, 0.2) is 5.79 Å². The number of rotatable bonds is 2. The van der Waals surface area contributed by atoms with Crippen molar-refractivity contribution in [2.45, 2.75) is 42.3 Å². The SMILES string of the molecule is CC1(C)O[C@@H]2[C@H](O1)[C@@H](CI)S[C@H]2CI. The Labute approximate surface area is 117 Å². The Kier molecular flexibility index (Phi) is 3.95. The molecule has 2 nitrogen and oxygen atoms in total. The molecule has 2 heterocycles. The molecule has 0 aromatic carbocycles. The summed E-state index contributed by atoms with van der Waals surface area (Å²) in [6, 6.07) is 0. The molecule has 0 radical (unpaired) electrons. The topological polar surface area (TPSA) is 18.5 Å². The van der Waals surface area contributed by atoms with Crippen LogP contribution in [-0.4, -0.2) is 37.4 Å². The van der Waals surface area contributed by atoms with Gasteiger partial charge in [0, 0.05) is 19.4 Å². The molecule has 14 heavy (non-hydrogen) atoms. The summed E-state index contributed by atoms with van der Waals surface area (Å²) in [6.07, 6.45) is 0.623. The van der Waals surface area contributed by atoms with Gasteiger partial charge < -0.3 is 9.47 Å². The zero-order chi connectivity index (χ0) is 10.3. The van der Waals surface area contributed by atoms with Crippen molar-refractivity contribution in [3.63, 3.8) is 0 Å². The molecular weight excluding hydrogens is 426 g/mol. The van der Waals surface area contributed by atoms with Crippen LogP contribution in [0.3, 0.4) is 0 Å². The lowest BCUT2D eigenvalue weighted by Gasteiger charge is -2.22. The van der Waals surface area contributed by atoms with E-state index in [0.29, 0.717) is 22.7 Å². The minimum absolute atomic E-state index is 0.312. The van der Waals surface area contributed by atoms with E-state index in [4.69, 9.17) is 9.47 Å². The predicted octanol–water partition coefficient (Wildman–Crippen LogP) is 2.86. The number of hydrogen-bond donors (Lipinski definition) is 0. The average Bonchev–Trinajstić information content (AvgIpc) is 2.57. The van der Waals surface area contributed by atoms with Crippen LogP contribution in [-0.2, 0) is 9.47 Å². The van der Waals surface area contributed by atoms with E-state index in [1.54, 1.807) is 0 Å². The molecule has 82 valence electrons. The number of alkyl halides is 2. The van der Waals surface area contributed by atoms with Gasteiger partial charge in [-0.1, -0.05) is 45.2 Å². The van der Waals surface area contributed by atoms with Gasteiger partial charge in [-0.3, -0.25) is 0 Å². The van der Waals surface area contributed by atoms with E-state index >= 15 is 0 Å². The Morgan fingerprint density at radius 3 is 1.86 bits per heavy atom. The third kappa shape index (κ3) is 2.21. The van der Waals surface area contributed by atoms with Gasteiger partial charge in [-0.2, -0.15) is 0 Å². The van der Waals surface area contributed by atoms with Crippen LogP contribution in [0.1, 0.15) is 13.8 Å². The molecule has 2 aliphatic heterocycles. The first-order chi connectivity index (χ1) is 6.57. The van der Waals surface area contributed by atoms with Crippen molar-refractivity contribution in [1.29, 1.82) is 0 Å². The summed E-state index contributed by atoms with van der Waals surface area (Å²) in [5.41, 5.74) is 0. The van der Waals surface area contributed by atoms with Crippen molar-refractivity contribution in [1.82, 2.24) is 0 Å². The summed E-state index contributed by atoms with van der Waals surface area (Å²) in [5, 5.41) is 1.23. The molecule has 0 spiro atoms. The minimum Gasteiger partial charge on any atom is -0.343 e. The molecule has 4 atom stereocenters. The van der Waals surface area contributed by atoms with Gasteiger partial charge in [0.25, 0.3) is 0 Å². The maximum Gasteiger partial charge on any atom is 0.163 e. The highest BCUT2D eigenvalue weighted by Gasteiger charge is 2.53. The Hall–Kier alpha value is 1.73. The summed E-state index contributed by atoms with van der Waals surface area (Å²) >= 11 is 6.93. The van der Waals surface area contributed by atoms with E-state index in [1.807, 2.05) is 25.6 Å². The van der Waals surface area contributed by atoms with Crippen LogP contribution >= 0.6 is 56.9 Å². The summed E-state index contributed by atoms with van der Waals surface area (Å²) in [4.78, 5) is 0. The fourth-order valence-electron chi connectivity index (χ4n) is 2.02. The lowest BCUT2D eigenvalue weighted by molar-refractivity contribution is -0.146. The number of hydrogen-bond acceptors (Lipinski definition) is 3. The maximum atomic E-state index is 5.96. The lowest BCUT2D eigenvalue weighted by Crippen LogP contribution is -2.30. The summed E-state index contributed by atoms with van der Waals surface area (Å²) < 4.78 is 14.2. The summed E-state index contributed by atoms with van der Waals surface area (Å²) in [5.74, 6) is -0.371. The lowest BCUT2D eigenvalue weighted by atomic mass is 10.1. The van der Waals surface area contributed by atoms with Crippen molar-refractivity contribution < 1.29 is 9.47 Å². The normalized spacial score (nSPS) is 45.4. The highest BCUT2D eigenvalue weighted by Crippen LogP contribution is 2.46. The van der Waals surface area contributed by atoms with Gasteiger partial charge in [0.2, 0.25) is 0 Å². The van der Waals surface area contributed by atoms with Gasteiger partial charge in [-0.15, -0.1) is 11.8 Å². The zero-order valence-corrected chi connectivity index (χ0v) is 13.3. The highest BCUT2D eigenvalue weighted by atomic mass is 127. The molecule has 0 amide bonds. The van der Waals surface area contributed by atoms with E-state index in [-0.39, 0.29) is 5.79 Å². The number of fused-ring (bicyclic) bond motifs is 1. The number of thioether (sulfide) groups is 1. The number of ether oxygens (including phenoxy) is 2. The van der Waals surface area contributed by atoms with Gasteiger partial charge >= 0.3 is 0 Å². The van der Waals surface area contributed by atoms with E-state index in [2.05, 4.69) is 45.2 Å².